The molecule has 20 heavy (non-hydrogen) atoms. The van der Waals surface area contributed by atoms with Crippen molar-refractivity contribution in [3.8, 4) is 0 Å². The van der Waals surface area contributed by atoms with E-state index in [4.69, 9.17) is 4.74 Å². The molecule has 1 saturated carbocycles. The van der Waals surface area contributed by atoms with E-state index in [1.54, 1.807) is 7.11 Å². The number of ether oxygens (including phenoxy) is 1. The van der Waals surface area contributed by atoms with Crippen molar-refractivity contribution in [3.63, 3.8) is 0 Å². The zero-order valence-corrected chi connectivity index (χ0v) is 12.0. The molecule has 1 N–H and O–H groups in total. The Morgan fingerprint density at radius 1 is 1.30 bits per heavy atom. The number of hydrogen-bond acceptors (Lipinski definition) is 3. The summed E-state index contributed by atoms with van der Waals surface area (Å²) in [6, 6.07) is 2.53. The molecule has 1 fully saturated rings. The fourth-order valence-corrected chi connectivity index (χ4v) is 3.50. The second-order valence-electron chi connectivity index (χ2n) is 5.19. The van der Waals surface area contributed by atoms with Crippen molar-refractivity contribution in [1.82, 2.24) is 4.72 Å². The van der Waals surface area contributed by atoms with Gasteiger partial charge >= 0.3 is 0 Å². The third-order valence-corrected chi connectivity index (χ3v) is 5.10. The van der Waals surface area contributed by atoms with E-state index in [9.17, 15) is 17.2 Å². The van der Waals surface area contributed by atoms with Crippen molar-refractivity contribution in [2.45, 2.75) is 24.2 Å². The highest BCUT2D eigenvalue weighted by atomic mass is 32.2. The molecule has 1 aromatic carbocycles. The number of nitrogens with one attached hydrogen (secondary N) is 1. The molecule has 0 amide bonds. The number of benzene rings is 1. The van der Waals surface area contributed by atoms with Crippen LogP contribution in [0.3, 0.4) is 0 Å². The van der Waals surface area contributed by atoms with Gasteiger partial charge in [-0.1, -0.05) is 6.42 Å². The van der Waals surface area contributed by atoms with Crippen LogP contribution >= 0.6 is 0 Å². The van der Waals surface area contributed by atoms with Crippen LogP contribution in [0.1, 0.15) is 19.3 Å². The van der Waals surface area contributed by atoms with Gasteiger partial charge in [-0.15, -0.1) is 0 Å². The highest BCUT2D eigenvalue weighted by Gasteiger charge is 2.38. The van der Waals surface area contributed by atoms with Crippen LogP contribution in [0, 0.1) is 17.0 Å². The van der Waals surface area contributed by atoms with Crippen molar-refractivity contribution in [1.29, 1.82) is 0 Å². The predicted octanol–water partition coefficient (Wildman–Crippen LogP) is 2.06. The second kappa shape index (κ2) is 5.75. The monoisotopic (exact) mass is 305 g/mol. The highest BCUT2D eigenvalue weighted by Crippen LogP contribution is 2.40. The number of halogens is 2. The first kappa shape index (κ1) is 15.3. The van der Waals surface area contributed by atoms with Gasteiger partial charge in [0.15, 0.2) is 11.6 Å². The fourth-order valence-electron chi connectivity index (χ4n) is 2.33. The summed E-state index contributed by atoms with van der Waals surface area (Å²) in [5.41, 5.74) is -0.180. The zero-order valence-electron chi connectivity index (χ0n) is 11.2. The van der Waals surface area contributed by atoms with E-state index in [-0.39, 0.29) is 16.9 Å². The summed E-state index contributed by atoms with van der Waals surface area (Å²) in [5.74, 6) is -2.25. The van der Waals surface area contributed by atoms with Crippen LogP contribution in [0.25, 0.3) is 0 Å². The van der Waals surface area contributed by atoms with Gasteiger partial charge in [-0.2, -0.15) is 0 Å². The summed E-state index contributed by atoms with van der Waals surface area (Å²) in [7, 11) is -2.27. The molecule has 0 atom stereocenters. The average molecular weight is 305 g/mol. The van der Waals surface area contributed by atoms with Crippen LogP contribution in [0.15, 0.2) is 23.1 Å². The molecule has 1 aromatic rings. The molecule has 7 heteroatoms. The van der Waals surface area contributed by atoms with Crippen molar-refractivity contribution >= 4 is 10.0 Å². The number of methoxy groups -OCH3 is 1. The maximum Gasteiger partial charge on any atom is 0.240 e. The summed E-state index contributed by atoms with van der Waals surface area (Å²) < 4.78 is 57.6. The van der Waals surface area contributed by atoms with Crippen molar-refractivity contribution in [2.24, 2.45) is 5.41 Å². The second-order valence-corrected chi connectivity index (χ2v) is 6.95. The van der Waals surface area contributed by atoms with Crippen LogP contribution in [-0.4, -0.2) is 28.7 Å². The molecule has 4 nitrogen and oxygen atoms in total. The quantitative estimate of drug-likeness (QED) is 0.875. The van der Waals surface area contributed by atoms with E-state index in [1.807, 2.05) is 0 Å². The molecule has 0 aromatic heterocycles. The van der Waals surface area contributed by atoms with Gasteiger partial charge in [-0.05, 0) is 31.0 Å². The van der Waals surface area contributed by atoms with E-state index < -0.39 is 21.7 Å². The molecular formula is C13H17F2NO3S. The molecule has 2 rings (SSSR count). The van der Waals surface area contributed by atoms with Crippen molar-refractivity contribution in [2.75, 3.05) is 20.3 Å². The van der Waals surface area contributed by atoms with Gasteiger partial charge in [0.2, 0.25) is 10.0 Å². The lowest BCUT2D eigenvalue weighted by Crippen LogP contribution is -2.45. The minimum absolute atomic E-state index is 0.180. The molecule has 0 unspecified atom stereocenters. The topological polar surface area (TPSA) is 55.4 Å². The summed E-state index contributed by atoms with van der Waals surface area (Å²) in [4.78, 5) is -0.275. The third-order valence-electron chi connectivity index (χ3n) is 3.70. The normalized spacial score (nSPS) is 17.8. The summed E-state index contributed by atoms with van der Waals surface area (Å²) in [5, 5.41) is 0. The van der Waals surface area contributed by atoms with E-state index in [1.165, 1.54) is 0 Å². The number of rotatable bonds is 6. The van der Waals surface area contributed by atoms with Gasteiger partial charge < -0.3 is 4.74 Å². The van der Waals surface area contributed by atoms with Crippen LogP contribution in [0.2, 0.25) is 0 Å². The van der Waals surface area contributed by atoms with Crippen LogP contribution < -0.4 is 4.72 Å². The first-order chi connectivity index (χ1) is 9.38. The predicted molar refractivity (Wildman–Crippen MR) is 69.7 cm³/mol. The third kappa shape index (κ3) is 3.16. The SMILES string of the molecule is COCC1(CNS(=O)(=O)c2ccc(F)c(F)c2)CCC1. The van der Waals surface area contributed by atoms with Crippen molar-refractivity contribution in [3.05, 3.63) is 29.8 Å². The molecule has 1 aliphatic rings. The maximum atomic E-state index is 13.1. The lowest BCUT2D eigenvalue weighted by Gasteiger charge is -2.41. The van der Waals surface area contributed by atoms with E-state index in [2.05, 4.69) is 4.72 Å². The number of sulfonamides is 1. The van der Waals surface area contributed by atoms with Gasteiger partial charge in [-0.25, -0.2) is 21.9 Å². The molecule has 0 radical (unpaired) electrons. The molecule has 112 valence electrons. The summed E-state index contributed by atoms with van der Waals surface area (Å²) in [6.45, 7) is 0.718. The Balaban J connectivity index is 2.09. The molecule has 1 aliphatic carbocycles. The Hall–Kier alpha value is -1.05. The van der Waals surface area contributed by atoms with Gasteiger partial charge in [0, 0.05) is 19.1 Å². The van der Waals surface area contributed by atoms with Gasteiger partial charge in [0.1, 0.15) is 0 Å². The first-order valence-corrected chi connectivity index (χ1v) is 7.81. The fraction of sp³-hybridized carbons (Fsp3) is 0.538. The Kier molecular flexibility index (Phi) is 4.41. The average Bonchev–Trinajstić information content (AvgIpc) is 2.35. The van der Waals surface area contributed by atoms with Gasteiger partial charge in [0.05, 0.1) is 11.5 Å². The van der Waals surface area contributed by atoms with E-state index in [0.29, 0.717) is 12.7 Å². The maximum absolute atomic E-state index is 13.1. The van der Waals surface area contributed by atoms with Crippen molar-refractivity contribution < 1.29 is 21.9 Å². The Labute approximate surface area is 117 Å². The largest absolute Gasteiger partial charge is 0.384 e. The highest BCUT2D eigenvalue weighted by molar-refractivity contribution is 7.89. The number of hydrogen-bond donors (Lipinski definition) is 1. The molecule has 0 saturated heterocycles. The van der Waals surface area contributed by atoms with E-state index in [0.717, 1.165) is 31.4 Å². The zero-order chi connectivity index (χ0) is 14.8. The Bertz CT molecular complexity index is 585. The molecule has 0 spiro atoms. The standard InChI is InChI=1S/C13H17F2NO3S/c1-19-9-13(5-2-6-13)8-16-20(17,18)10-3-4-11(14)12(15)7-10/h3-4,7,16H,2,5-6,8-9H2,1H3. The summed E-state index contributed by atoms with van der Waals surface area (Å²) in [6.07, 6.45) is 2.82. The van der Waals surface area contributed by atoms with Crippen LogP contribution in [0.4, 0.5) is 8.78 Å². The minimum Gasteiger partial charge on any atom is -0.384 e. The molecule has 0 heterocycles. The molecular weight excluding hydrogens is 288 g/mol. The smallest absolute Gasteiger partial charge is 0.240 e. The van der Waals surface area contributed by atoms with Gasteiger partial charge in [-0.3, -0.25) is 0 Å². The van der Waals surface area contributed by atoms with Crippen LogP contribution in [-0.2, 0) is 14.8 Å². The van der Waals surface area contributed by atoms with Crippen LogP contribution in [0.5, 0.6) is 0 Å². The summed E-state index contributed by atoms with van der Waals surface area (Å²) >= 11 is 0. The van der Waals surface area contributed by atoms with Gasteiger partial charge in [0.25, 0.3) is 0 Å². The van der Waals surface area contributed by atoms with E-state index >= 15 is 0 Å². The Morgan fingerprint density at radius 2 is 2.00 bits per heavy atom. The first-order valence-electron chi connectivity index (χ1n) is 6.32. The lowest BCUT2D eigenvalue weighted by atomic mass is 9.69. The Morgan fingerprint density at radius 3 is 2.50 bits per heavy atom. The molecule has 0 bridgehead atoms. The molecule has 0 aliphatic heterocycles. The minimum atomic E-state index is -3.84. The lowest BCUT2D eigenvalue weighted by molar-refractivity contribution is 0.0220.